The van der Waals surface area contributed by atoms with E-state index in [0.717, 1.165) is 30.4 Å². The molecule has 0 N–H and O–H groups in total. The molecule has 1 aromatic carbocycles. The third-order valence-corrected chi connectivity index (χ3v) is 4.80. The number of rotatable bonds is 3. The first-order valence-corrected chi connectivity index (χ1v) is 7.59. The van der Waals surface area contributed by atoms with Crippen LogP contribution in [0.4, 0.5) is 0 Å². The molecule has 2 aliphatic heterocycles. The molecule has 0 radical (unpaired) electrons. The van der Waals surface area contributed by atoms with Gasteiger partial charge >= 0.3 is 5.97 Å². The highest BCUT2D eigenvalue weighted by atomic mass is 16.5. The Morgan fingerprint density at radius 2 is 2.00 bits per heavy atom. The first kappa shape index (κ1) is 14.3. The van der Waals surface area contributed by atoms with Gasteiger partial charge in [-0.05, 0) is 37.3 Å². The Kier molecular flexibility index (Phi) is 3.85. The highest BCUT2D eigenvalue weighted by molar-refractivity contribution is 5.75. The summed E-state index contributed by atoms with van der Waals surface area (Å²) in [6, 6.07) is 8.41. The van der Waals surface area contributed by atoms with Crippen molar-refractivity contribution in [3.63, 3.8) is 0 Å². The highest BCUT2D eigenvalue weighted by Crippen LogP contribution is 2.45. The molecule has 3 nitrogen and oxygen atoms in total. The van der Waals surface area contributed by atoms with E-state index in [1.54, 1.807) is 0 Å². The number of ether oxygens (including phenoxy) is 2. The van der Waals surface area contributed by atoms with Gasteiger partial charge in [0.15, 0.2) is 0 Å². The van der Waals surface area contributed by atoms with Crippen LogP contribution in [0.15, 0.2) is 30.8 Å². The molecule has 0 saturated carbocycles. The first-order chi connectivity index (χ1) is 10.1. The van der Waals surface area contributed by atoms with Gasteiger partial charge in [0.1, 0.15) is 0 Å². The van der Waals surface area contributed by atoms with Crippen LogP contribution in [0.3, 0.4) is 0 Å². The normalized spacial score (nSPS) is 31.0. The minimum atomic E-state index is -0.176. The van der Waals surface area contributed by atoms with Crippen LogP contribution in [0.5, 0.6) is 0 Å². The zero-order chi connectivity index (χ0) is 15.0. The van der Waals surface area contributed by atoms with E-state index in [1.807, 2.05) is 6.92 Å². The number of fused-ring (bicyclic) bond motifs is 2. The van der Waals surface area contributed by atoms with E-state index < -0.39 is 0 Å². The summed E-state index contributed by atoms with van der Waals surface area (Å²) in [7, 11) is 1.46. The van der Waals surface area contributed by atoms with Gasteiger partial charge in [0.25, 0.3) is 0 Å². The number of esters is 1. The Morgan fingerprint density at radius 1 is 1.29 bits per heavy atom. The summed E-state index contributed by atoms with van der Waals surface area (Å²) in [4.78, 5) is 12.2. The lowest BCUT2D eigenvalue weighted by atomic mass is 9.79. The molecular formula is C18H22O3. The second kappa shape index (κ2) is 5.64. The molecule has 2 aliphatic rings. The van der Waals surface area contributed by atoms with E-state index in [1.165, 1.54) is 12.7 Å². The number of carbonyl (C=O) groups is 1. The Hall–Kier alpha value is -1.61. The fourth-order valence-corrected chi connectivity index (χ4v) is 3.67. The third kappa shape index (κ3) is 2.62. The molecule has 1 aromatic rings. The molecule has 0 unspecified atom stereocenters. The maximum atomic E-state index is 12.2. The van der Waals surface area contributed by atoms with Gasteiger partial charge in [-0.15, -0.1) is 0 Å². The van der Waals surface area contributed by atoms with Gasteiger partial charge in [0, 0.05) is 5.92 Å². The Bertz CT molecular complexity index is 546. The second-order valence-electron chi connectivity index (χ2n) is 6.17. The second-order valence-corrected chi connectivity index (χ2v) is 6.17. The first-order valence-electron chi connectivity index (χ1n) is 7.59. The van der Waals surface area contributed by atoms with Crippen molar-refractivity contribution in [2.24, 2.45) is 5.92 Å². The predicted octanol–water partition coefficient (Wildman–Crippen LogP) is 3.54. The van der Waals surface area contributed by atoms with Crippen LogP contribution in [-0.4, -0.2) is 25.3 Å². The minimum absolute atomic E-state index is 0.0158. The molecule has 3 rings (SSSR count). The molecule has 2 fully saturated rings. The summed E-state index contributed by atoms with van der Waals surface area (Å²) in [5.41, 5.74) is 3.40. The topological polar surface area (TPSA) is 35.5 Å². The number of hydrogen-bond acceptors (Lipinski definition) is 3. The zero-order valence-electron chi connectivity index (χ0n) is 12.7. The van der Waals surface area contributed by atoms with E-state index in [9.17, 15) is 4.79 Å². The minimum Gasteiger partial charge on any atom is -0.469 e. The molecular weight excluding hydrogens is 264 g/mol. The van der Waals surface area contributed by atoms with Crippen LogP contribution in [-0.2, 0) is 14.3 Å². The standard InChI is InChI=1S/C18H22O3/c1-11(2)12-4-6-13(7-5-12)15-10-14-8-9-16(21-14)17(15)18(19)20-3/h4-7,14-17H,1,8-10H2,2-3H3/t14-,15-,16+,17-/m1/s1. The van der Waals surface area contributed by atoms with Crippen LogP contribution in [0.25, 0.3) is 5.57 Å². The van der Waals surface area contributed by atoms with E-state index in [4.69, 9.17) is 9.47 Å². The summed E-state index contributed by atoms with van der Waals surface area (Å²) in [5, 5.41) is 0. The lowest BCUT2D eigenvalue weighted by Gasteiger charge is -2.35. The molecule has 2 saturated heterocycles. The smallest absolute Gasteiger partial charge is 0.311 e. The van der Waals surface area contributed by atoms with Crippen molar-refractivity contribution in [2.75, 3.05) is 7.11 Å². The lowest BCUT2D eigenvalue weighted by molar-refractivity contribution is -0.156. The van der Waals surface area contributed by atoms with Gasteiger partial charge in [-0.25, -0.2) is 0 Å². The monoisotopic (exact) mass is 286 g/mol. The number of benzene rings is 1. The van der Waals surface area contributed by atoms with Crippen LogP contribution in [0.1, 0.15) is 43.2 Å². The Balaban J connectivity index is 1.90. The molecule has 112 valence electrons. The van der Waals surface area contributed by atoms with Crippen LogP contribution >= 0.6 is 0 Å². The van der Waals surface area contributed by atoms with Crippen molar-refractivity contribution in [1.29, 1.82) is 0 Å². The average molecular weight is 286 g/mol. The summed E-state index contributed by atoms with van der Waals surface area (Å²) >= 11 is 0. The van der Waals surface area contributed by atoms with E-state index in [0.29, 0.717) is 6.10 Å². The summed E-state index contributed by atoms with van der Waals surface area (Å²) in [6.45, 7) is 5.96. The van der Waals surface area contributed by atoms with Gasteiger partial charge in [-0.1, -0.05) is 36.4 Å². The van der Waals surface area contributed by atoms with Crippen molar-refractivity contribution < 1.29 is 14.3 Å². The van der Waals surface area contributed by atoms with E-state index in [-0.39, 0.29) is 23.9 Å². The largest absolute Gasteiger partial charge is 0.469 e. The number of allylic oxidation sites excluding steroid dienone is 1. The van der Waals surface area contributed by atoms with Gasteiger partial charge in [-0.3, -0.25) is 4.79 Å². The predicted molar refractivity (Wildman–Crippen MR) is 81.9 cm³/mol. The Labute approximate surface area is 125 Å². The number of hydrogen-bond donors (Lipinski definition) is 0. The van der Waals surface area contributed by atoms with Gasteiger partial charge < -0.3 is 9.47 Å². The average Bonchev–Trinajstić information content (AvgIpc) is 2.88. The van der Waals surface area contributed by atoms with Crippen LogP contribution in [0.2, 0.25) is 0 Å². The Morgan fingerprint density at radius 3 is 2.62 bits per heavy atom. The van der Waals surface area contributed by atoms with Crippen molar-refractivity contribution >= 4 is 11.5 Å². The molecule has 4 atom stereocenters. The maximum absolute atomic E-state index is 12.2. The molecule has 0 aromatic heterocycles. The number of methoxy groups -OCH3 is 1. The SMILES string of the molecule is C=C(C)c1ccc([C@H]2C[C@H]3CC[C@H](O3)[C@@H]2C(=O)OC)cc1. The van der Waals surface area contributed by atoms with Crippen molar-refractivity contribution in [1.82, 2.24) is 0 Å². The fraction of sp³-hybridized carbons (Fsp3) is 0.500. The third-order valence-electron chi connectivity index (χ3n) is 4.80. The van der Waals surface area contributed by atoms with Gasteiger partial charge in [0.05, 0.1) is 25.2 Å². The van der Waals surface area contributed by atoms with E-state index in [2.05, 4.69) is 30.8 Å². The summed E-state index contributed by atoms with van der Waals surface area (Å²) in [5.74, 6) is -0.123. The molecule has 2 bridgehead atoms. The zero-order valence-corrected chi connectivity index (χ0v) is 12.7. The summed E-state index contributed by atoms with van der Waals surface area (Å²) < 4.78 is 11.0. The van der Waals surface area contributed by atoms with Gasteiger partial charge in [0.2, 0.25) is 0 Å². The van der Waals surface area contributed by atoms with Crippen molar-refractivity contribution in [3.05, 3.63) is 42.0 Å². The quantitative estimate of drug-likeness (QED) is 0.797. The fourth-order valence-electron chi connectivity index (χ4n) is 3.67. The summed E-state index contributed by atoms with van der Waals surface area (Å²) in [6.07, 6.45) is 3.23. The molecule has 0 amide bonds. The molecule has 0 spiro atoms. The van der Waals surface area contributed by atoms with Crippen molar-refractivity contribution in [2.45, 2.75) is 44.3 Å². The number of carbonyl (C=O) groups excluding carboxylic acids is 1. The maximum Gasteiger partial charge on any atom is 0.311 e. The highest BCUT2D eigenvalue weighted by Gasteiger charge is 2.47. The van der Waals surface area contributed by atoms with Crippen LogP contribution < -0.4 is 0 Å². The van der Waals surface area contributed by atoms with E-state index >= 15 is 0 Å². The molecule has 0 aliphatic carbocycles. The lowest BCUT2D eigenvalue weighted by Crippen LogP contribution is -2.39. The van der Waals surface area contributed by atoms with Gasteiger partial charge in [-0.2, -0.15) is 0 Å². The molecule has 2 heterocycles. The van der Waals surface area contributed by atoms with Crippen molar-refractivity contribution in [3.8, 4) is 0 Å². The molecule has 21 heavy (non-hydrogen) atoms. The molecule has 3 heteroatoms. The van der Waals surface area contributed by atoms with Crippen LogP contribution in [0, 0.1) is 5.92 Å².